The Morgan fingerprint density at radius 3 is 1.45 bits per heavy atom. The summed E-state index contributed by atoms with van der Waals surface area (Å²) in [5.41, 5.74) is 28.8. The lowest BCUT2D eigenvalue weighted by molar-refractivity contribution is 0.664. The van der Waals surface area contributed by atoms with Crippen molar-refractivity contribution in [1.29, 1.82) is 0 Å². The Hall–Kier alpha value is -12.2. The summed E-state index contributed by atoms with van der Waals surface area (Å²) < 4.78 is 20.0. The molecule has 0 spiro atoms. The number of hydrogen-bond acceptors (Lipinski definition) is 2. The van der Waals surface area contributed by atoms with Crippen molar-refractivity contribution in [2.75, 3.05) is 0 Å². The zero-order valence-electron chi connectivity index (χ0n) is 59.0. The fraction of sp³-hybridized carbons (Fsp3) is 0.120. The number of nitrogens with zero attached hydrogens (tertiary/aromatic N) is 2. The van der Waals surface area contributed by atoms with E-state index in [9.17, 15) is 0 Å². The van der Waals surface area contributed by atoms with Crippen molar-refractivity contribution in [2.45, 2.75) is 78.1 Å². The van der Waals surface area contributed by atoms with Crippen LogP contribution in [0.1, 0.15) is 76.3 Å². The lowest BCUT2D eigenvalue weighted by atomic mass is 9.34. The van der Waals surface area contributed by atoms with Crippen LogP contribution in [-0.2, 0) is 12.8 Å². The third-order valence-electron chi connectivity index (χ3n) is 24.0. The van der Waals surface area contributed by atoms with Gasteiger partial charge in [0.05, 0.1) is 16.6 Å². The molecule has 0 bridgehead atoms. The lowest BCUT2D eigenvalue weighted by Crippen LogP contribution is -2.59. The van der Waals surface area contributed by atoms with Crippen molar-refractivity contribution in [3.8, 4) is 67.0 Å². The fourth-order valence-electron chi connectivity index (χ4n) is 19.4. The predicted molar refractivity (Wildman–Crippen MR) is 447 cm³/mol. The van der Waals surface area contributed by atoms with E-state index in [4.69, 9.17) is 8.83 Å². The molecule has 105 heavy (non-hydrogen) atoms. The maximum Gasteiger partial charge on any atom is 0.252 e. The van der Waals surface area contributed by atoms with E-state index in [1.807, 2.05) is 0 Å². The molecule has 16 aromatic carbocycles. The van der Waals surface area contributed by atoms with Crippen LogP contribution in [0.15, 0.2) is 294 Å². The number of unbranched alkanes of at least 4 members (excludes halogenated alkanes) is 6. The van der Waals surface area contributed by atoms with Gasteiger partial charge in [-0.25, -0.2) is 0 Å². The molecule has 0 fully saturated rings. The highest BCUT2D eigenvalue weighted by Crippen LogP contribution is 2.52. The Kier molecular flexibility index (Phi) is 13.6. The van der Waals surface area contributed by atoms with Gasteiger partial charge in [-0.05, 0) is 190 Å². The van der Waals surface area contributed by atoms with Gasteiger partial charge in [-0.1, -0.05) is 283 Å². The summed E-state index contributed by atoms with van der Waals surface area (Å²) in [6, 6.07) is 109. The molecule has 0 saturated carbocycles. The zero-order chi connectivity index (χ0) is 69.1. The molecule has 498 valence electrons. The Balaban J connectivity index is 0.897. The van der Waals surface area contributed by atoms with Gasteiger partial charge in [0.2, 0.25) is 0 Å². The Labute approximate surface area is 609 Å². The first-order valence-corrected chi connectivity index (χ1v) is 38.2. The molecule has 2 aliphatic rings. The molecule has 0 amide bonds. The molecule has 0 saturated heterocycles. The Morgan fingerprint density at radius 2 is 0.800 bits per heavy atom. The third-order valence-corrected chi connectivity index (χ3v) is 24.0. The van der Waals surface area contributed by atoms with Gasteiger partial charge < -0.3 is 18.0 Å². The average Bonchev–Trinajstić information content (AvgIpc) is 1.48. The molecule has 6 heterocycles. The summed E-state index contributed by atoms with van der Waals surface area (Å²) in [4.78, 5) is 0. The number of aryl methyl sites for hydroxylation is 2. The number of rotatable bonds is 15. The maximum atomic E-state index is 7.30. The van der Waals surface area contributed by atoms with E-state index < -0.39 is 0 Å². The molecule has 0 unspecified atom stereocenters. The average molecular weight is 1350 g/mol. The Morgan fingerprint density at radius 1 is 0.295 bits per heavy atom. The molecular formula is C100H73BN2O2. The van der Waals surface area contributed by atoms with E-state index >= 15 is 0 Å². The number of benzene rings is 16. The zero-order valence-corrected chi connectivity index (χ0v) is 59.0. The van der Waals surface area contributed by atoms with Gasteiger partial charge in [0, 0.05) is 76.5 Å². The van der Waals surface area contributed by atoms with Crippen molar-refractivity contribution in [3.63, 3.8) is 0 Å². The topological polar surface area (TPSA) is 36.1 Å². The minimum atomic E-state index is -0.184. The number of aromatic nitrogens is 2. The lowest BCUT2D eigenvalue weighted by Gasteiger charge is -2.35. The Bertz CT molecular complexity index is 6890. The third kappa shape index (κ3) is 8.94. The van der Waals surface area contributed by atoms with Crippen molar-refractivity contribution in [3.05, 3.63) is 296 Å². The molecule has 2 aliphatic heterocycles. The molecule has 0 atom stereocenters. The molecule has 22 rings (SSSR count). The second-order valence-corrected chi connectivity index (χ2v) is 29.9. The first kappa shape index (κ1) is 60.4. The van der Waals surface area contributed by atoms with Crippen LogP contribution in [0, 0.1) is 0 Å². The SMILES string of the molecule is CCCCCCc1ccc2oc3c(-c4cccc(-c5cccc6c5oc5ccc(CCCCCC)cc56)c4-c4cc5c6c(c4)-n4c7ccccc7c7c8ccccc8cc(c74)B6c4cc(-c6ccccc6-c6ccccc6)cc6c7c8c9ccccc9c9ccccc9c8ccc7n-5c46)cccc3c2c1. The van der Waals surface area contributed by atoms with Crippen LogP contribution in [0.4, 0.5) is 0 Å². The largest absolute Gasteiger partial charge is 0.455 e. The van der Waals surface area contributed by atoms with Crippen LogP contribution in [-0.4, -0.2) is 15.8 Å². The number of para-hydroxylation sites is 3. The van der Waals surface area contributed by atoms with Crippen molar-refractivity contribution < 1.29 is 8.83 Å². The van der Waals surface area contributed by atoms with Crippen LogP contribution < -0.4 is 16.4 Å². The highest BCUT2D eigenvalue weighted by atomic mass is 16.3. The predicted octanol–water partition coefficient (Wildman–Crippen LogP) is 26.0. The molecule has 0 N–H and O–H groups in total. The second-order valence-electron chi connectivity index (χ2n) is 29.9. The monoisotopic (exact) mass is 1340 g/mol. The molecule has 0 aliphatic carbocycles. The van der Waals surface area contributed by atoms with Gasteiger partial charge in [-0.15, -0.1) is 0 Å². The highest BCUT2D eigenvalue weighted by Gasteiger charge is 2.43. The second kappa shape index (κ2) is 23.7. The van der Waals surface area contributed by atoms with Gasteiger partial charge in [0.1, 0.15) is 22.3 Å². The quantitative estimate of drug-likeness (QED) is 0.0583. The summed E-state index contributed by atoms with van der Waals surface area (Å²) in [5, 5.41) is 19.7. The van der Waals surface area contributed by atoms with Crippen LogP contribution >= 0.6 is 0 Å². The van der Waals surface area contributed by atoms with Gasteiger partial charge in [0.15, 0.2) is 0 Å². The van der Waals surface area contributed by atoms with E-state index in [0.29, 0.717) is 0 Å². The van der Waals surface area contributed by atoms with Gasteiger partial charge in [-0.2, -0.15) is 0 Å². The van der Waals surface area contributed by atoms with Crippen molar-refractivity contribution >= 4 is 154 Å². The summed E-state index contributed by atoms with van der Waals surface area (Å²) in [6.07, 6.45) is 11.9. The summed E-state index contributed by atoms with van der Waals surface area (Å²) in [6.45, 7) is 4.40. The molecule has 20 aromatic rings. The van der Waals surface area contributed by atoms with Crippen LogP contribution in [0.2, 0.25) is 0 Å². The minimum absolute atomic E-state index is 0.184. The normalized spacial score (nSPS) is 12.6. The number of fused-ring (bicyclic) bond motifs is 25. The highest BCUT2D eigenvalue weighted by molar-refractivity contribution is 7.00. The summed E-state index contributed by atoms with van der Waals surface area (Å²) in [5.74, 6) is 0. The smallest absolute Gasteiger partial charge is 0.252 e. The fourth-order valence-corrected chi connectivity index (χ4v) is 19.4. The van der Waals surface area contributed by atoms with Crippen molar-refractivity contribution in [1.82, 2.24) is 9.13 Å². The summed E-state index contributed by atoms with van der Waals surface area (Å²) >= 11 is 0. The molecule has 4 nitrogen and oxygen atoms in total. The standard InChI is InChI=1S/C100H73BN2O2/c1-3-5-7-10-27-60-47-51-90-81(53-60)78-44-25-42-76(99(78)104-90)73-40-24-41-74(77-43-26-45-79-82-54-61(28-11-8-6-4-2)48-52-91(82)105-100(77)79)92(73)65-58-88-96-89(59-65)103-87-50-49-75-71-37-19-18-35-69(71)70-36-20-21-38-72(70)93(75)95(87)83-55-64(67-33-17-16-32-66(67)62-29-12-9-13-30-62)57-84(97(83)103)101(96)85-56-63-31-14-15-34-68(63)94-80-39-22-23-46-86(80)102(88)98(85)94/h9,12-26,29-59H,3-8,10-11,27-28H2,1-2H3. The number of hydrogen-bond donors (Lipinski definition) is 0. The molecular weight excluding hydrogens is 1270 g/mol. The maximum absolute atomic E-state index is 7.30. The van der Waals surface area contributed by atoms with E-state index in [1.165, 1.54) is 199 Å². The van der Waals surface area contributed by atoms with Crippen LogP contribution in [0.25, 0.3) is 198 Å². The van der Waals surface area contributed by atoms with Crippen LogP contribution in [0.3, 0.4) is 0 Å². The van der Waals surface area contributed by atoms with E-state index in [0.717, 1.165) is 90.1 Å². The van der Waals surface area contributed by atoms with Crippen molar-refractivity contribution in [2.24, 2.45) is 0 Å². The van der Waals surface area contributed by atoms with E-state index in [2.05, 4.69) is 308 Å². The summed E-state index contributed by atoms with van der Waals surface area (Å²) in [7, 11) is 0. The van der Waals surface area contributed by atoms with Gasteiger partial charge in [-0.3, -0.25) is 0 Å². The van der Waals surface area contributed by atoms with E-state index in [1.54, 1.807) is 0 Å². The van der Waals surface area contributed by atoms with Gasteiger partial charge >= 0.3 is 0 Å². The molecule has 4 aromatic heterocycles. The van der Waals surface area contributed by atoms with Gasteiger partial charge in [0.25, 0.3) is 6.71 Å². The first-order valence-electron chi connectivity index (χ1n) is 38.2. The minimum Gasteiger partial charge on any atom is -0.455 e. The molecule has 5 heteroatoms. The van der Waals surface area contributed by atoms with E-state index in [-0.39, 0.29) is 6.71 Å². The van der Waals surface area contributed by atoms with Crippen LogP contribution in [0.5, 0.6) is 0 Å². The number of furan rings is 2. The first-order chi connectivity index (χ1) is 52.0. The molecule has 0 radical (unpaired) electrons.